The molecule has 10 heteroatoms. The Morgan fingerprint density at radius 3 is 2.73 bits per heavy atom. The van der Waals surface area contributed by atoms with Gasteiger partial charge >= 0.3 is 6.03 Å². The molecule has 0 saturated carbocycles. The quantitative estimate of drug-likeness (QED) is 0.667. The zero-order valence-electron chi connectivity index (χ0n) is 16.8. The number of aryl methyl sites for hydroxylation is 1. The van der Waals surface area contributed by atoms with E-state index in [2.05, 4.69) is 25.7 Å². The number of morpholine rings is 1. The summed E-state index contributed by atoms with van der Waals surface area (Å²) < 4.78 is 11.1. The fraction of sp³-hybridized carbons (Fsp3) is 0.450. The summed E-state index contributed by atoms with van der Waals surface area (Å²) in [7, 11) is 0. The van der Waals surface area contributed by atoms with Crippen molar-refractivity contribution in [1.82, 2.24) is 20.8 Å². The maximum Gasteiger partial charge on any atom is 0.321 e. The highest BCUT2D eigenvalue weighted by Gasteiger charge is 2.62. The highest BCUT2D eigenvalue weighted by Crippen LogP contribution is 2.46. The maximum atomic E-state index is 13.8. The molecule has 1 unspecified atom stereocenters. The highest BCUT2D eigenvalue weighted by atomic mass is 16.5. The Bertz CT molecular complexity index is 1080. The number of amides is 3. The lowest BCUT2D eigenvalue weighted by atomic mass is 9.66. The molecule has 0 bridgehead atoms. The molecule has 4 atom stereocenters. The minimum absolute atomic E-state index is 0.0878. The molecule has 2 saturated heterocycles. The Kier molecular flexibility index (Phi) is 3.97. The minimum atomic E-state index is -1.49. The second-order valence-corrected chi connectivity index (χ2v) is 8.06. The molecule has 5 rings (SSSR count). The van der Waals surface area contributed by atoms with Crippen molar-refractivity contribution in [2.24, 2.45) is 5.41 Å². The number of carbonyl (C=O) groups is 3. The van der Waals surface area contributed by atoms with Crippen molar-refractivity contribution >= 4 is 23.4 Å². The van der Waals surface area contributed by atoms with Crippen LogP contribution in [0.15, 0.2) is 22.7 Å². The molecule has 4 heterocycles. The molecule has 3 aliphatic rings. The van der Waals surface area contributed by atoms with E-state index < -0.39 is 29.5 Å². The smallest absolute Gasteiger partial charge is 0.321 e. The highest BCUT2D eigenvalue weighted by molar-refractivity contribution is 6.22. The van der Waals surface area contributed by atoms with E-state index in [9.17, 15) is 14.4 Å². The van der Waals surface area contributed by atoms with Gasteiger partial charge in [-0.2, -0.15) is 4.98 Å². The normalized spacial score (nSPS) is 30.6. The van der Waals surface area contributed by atoms with E-state index in [0.29, 0.717) is 29.4 Å². The number of ketones is 1. The zero-order valence-corrected chi connectivity index (χ0v) is 16.8. The fourth-order valence-electron chi connectivity index (χ4n) is 4.92. The van der Waals surface area contributed by atoms with Gasteiger partial charge in [0.1, 0.15) is 0 Å². The molecule has 2 fully saturated rings. The van der Waals surface area contributed by atoms with Crippen molar-refractivity contribution in [1.29, 1.82) is 0 Å². The predicted molar refractivity (Wildman–Crippen MR) is 104 cm³/mol. The molecule has 10 nitrogen and oxygen atoms in total. The number of nitrogens with zero attached hydrogens (tertiary/aromatic N) is 3. The van der Waals surface area contributed by atoms with E-state index in [1.54, 1.807) is 13.0 Å². The molecule has 1 spiro atoms. The molecule has 3 aliphatic heterocycles. The van der Waals surface area contributed by atoms with E-state index in [-0.39, 0.29) is 18.4 Å². The third-order valence-corrected chi connectivity index (χ3v) is 6.09. The largest absolute Gasteiger partial charge is 0.372 e. The van der Waals surface area contributed by atoms with Gasteiger partial charge in [-0.15, -0.1) is 0 Å². The first-order chi connectivity index (χ1) is 14.3. The summed E-state index contributed by atoms with van der Waals surface area (Å²) in [6.45, 7) is 5.91. The van der Waals surface area contributed by atoms with Gasteiger partial charge in [-0.3, -0.25) is 14.9 Å². The van der Waals surface area contributed by atoms with Crippen molar-refractivity contribution in [3.63, 3.8) is 0 Å². The number of aromatic nitrogens is 2. The van der Waals surface area contributed by atoms with Gasteiger partial charge < -0.3 is 19.5 Å². The van der Waals surface area contributed by atoms with E-state index in [0.717, 1.165) is 5.69 Å². The van der Waals surface area contributed by atoms with Gasteiger partial charge in [0.25, 0.3) is 0 Å². The summed E-state index contributed by atoms with van der Waals surface area (Å²) in [5.74, 6) is -0.189. The molecule has 2 aromatic rings. The fourth-order valence-corrected chi connectivity index (χ4v) is 4.92. The number of ether oxygens (including phenoxy) is 1. The summed E-state index contributed by atoms with van der Waals surface area (Å²) in [4.78, 5) is 45.0. The van der Waals surface area contributed by atoms with Crippen LogP contribution in [0.5, 0.6) is 0 Å². The molecule has 1 aromatic heterocycles. The summed E-state index contributed by atoms with van der Waals surface area (Å²) in [5, 5.41) is 8.85. The Morgan fingerprint density at radius 1 is 1.23 bits per heavy atom. The Balaban J connectivity index is 1.70. The summed E-state index contributed by atoms with van der Waals surface area (Å²) in [5.41, 5.74) is 0.235. The maximum absolute atomic E-state index is 13.8. The number of Topliss-reactive ketones (excluding diaryl/α,β-unsaturated/α-hetero) is 1. The Morgan fingerprint density at radius 2 is 2.03 bits per heavy atom. The molecule has 2 N–H and O–H groups in total. The van der Waals surface area contributed by atoms with Crippen LogP contribution in [0.2, 0.25) is 0 Å². The van der Waals surface area contributed by atoms with E-state index >= 15 is 0 Å². The lowest BCUT2D eigenvalue weighted by molar-refractivity contribution is -0.134. The molecular weight excluding hydrogens is 390 g/mol. The van der Waals surface area contributed by atoms with Crippen LogP contribution in [0.25, 0.3) is 11.4 Å². The first kappa shape index (κ1) is 18.7. The number of hydrogen-bond donors (Lipinski definition) is 2. The van der Waals surface area contributed by atoms with Gasteiger partial charge in [0, 0.05) is 36.8 Å². The minimum Gasteiger partial charge on any atom is -0.372 e. The van der Waals surface area contributed by atoms with Crippen LogP contribution >= 0.6 is 0 Å². The SMILES string of the molecule is Cc1nc(-c2ccc3c(c2)C(=O)C2(CNC(=O)NC2=O)[C@H]2[C@H](C)O[C@H](C)CN32)no1. The molecule has 1 aromatic carbocycles. The first-order valence-corrected chi connectivity index (χ1v) is 9.82. The van der Waals surface area contributed by atoms with E-state index in [1.165, 1.54) is 0 Å². The number of anilines is 1. The molecule has 3 amide bonds. The Labute approximate surface area is 171 Å². The van der Waals surface area contributed by atoms with Crippen molar-refractivity contribution in [3.05, 3.63) is 29.7 Å². The molecule has 30 heavy (non-hydrogen) atoms. The van der Waals surface area contributed by atoms with Gasteiger partial charge in [-0.25, -0.2) is 4.79 Å². The average molecular weight is 411 g/mol. The van der Waals surface area contributed by atoms with Crippen LogP contribution in [-0.2, 0) is 9.53 Å². The van der Waals surface area contributed by atoms with Crippen LogP contribution in [0.4, 0.5) is 10.5 Å². The number of rotatable bonds is 1. The average Bonchev–Trinajstić information content (AvgIpc) is 3.13. The van der Waals surface area contributed by atoms with E-state index in [4.69, 9.17) is 9.26 Å². The van der Waals surface area contributed by atoms with Crippen LogP contribution in [0, 0.1) is 12.3 Å². The second kappa shape index (κ2) is 6.36. The van der Waals surface area contributed by atoms with Crippen molar-refractivity contribution < 1.29 is 23.6 Å². The summed E-state index contributed by atoms with van der Waals surface area (Å²) >= 11 is 0. The van der Waals surface area contributed by atoms with E-state index in [1.807, 2.05) is 26.0 Å². The molecule has 0 aliphatic carbocycles. The third kappa shape index (κ3) is 2.49. The van der Waals surface area contributed by atoms with Crippen molar-refractivity contribution in [3.8, 4) is 11.4 Å². The monoisotopic (exact) mass is 411 g/mol. The van der Waals surface area contributed by atoms with Gasteiger partial charge in [-0.1, -0.05) is 5.16 Å². The summed E-state index contributed by atoms with van der Waals surface area (Å²) in [6, 6.07) is 4.21. The van der Waals surface area contributed by atoms with Crippen molar-refractivity contribution in [2.75, 3.05) is 18.0 Å². The van der Waals surface area contributed by atoms with Crippen LogP contribution in [0.1, 0.15) is 30.1 Å². The van der Waals surface area contributed by atoms with Gasteiger partial charge in [-0.05, 0) is 32.0 Å². The molecule has 0 radical (unpaired) electrons. The van der Waals surface area contributed by atoms with Crippen LogP contribution in [0.3, 0.4) is 0 Å². The standard InChI is InChI=1S/C20H21N5O5/c1-9-7-25-14-5-4-12(17-22-11(3)30-24-17)6-13(14)16(26)20(15(25)10(2)29-9)8-21-19(28)23-18(20)27/h4-6,9-10,15H,7-8H2,1-3H3,(H2,21,23,27,28)/t9-,10+,15-,20?/m1/s1. The first-order valence-electron chi connectivity index (χ1n) is 9.82. The lowest BCUT2D eigenvalue weighted by Gasteiger charge is -2.55. The number of carbonyl (C=O) groups excluding carboxylic acids is 3. The number of benzene rings is 1. The number of hydrogen-bond acceptors (Lipinski definition) is 8. The number of urea groups is 1. The lowest BCUT2D eigenvalue weighted by Crippen LogP contribution is -2.75. The number of fused-ring (bicyclic) bond motifs is 4. The van der Waals surface area contributed by atoms with Gasteiger partial charge in [0.05, 0.1) is 18.2 Å². The molecular formula is C20H21N5O5. The second-order valence-electron chi connectivity index (χ2n) is 8.06. The number of imide groups is 1. The molecule has 156 valence electrons. The summed E-state index contributed by atoms with van der Waals surface area (Å²) in [6.07, 6.45) is -0.485. The van der Waals surface area contributed by atoms with Gasteiger partial charge in [0.15, 0.2) is 11.2 Å². The number of nitrogens with one attached hydrogen (secondary N) is 2. The zero-order chi connectivity index (χ0) is 21.2. The predicted octanol–water partition coefficient (Wildman–Crippen LogP) is 1.05. The van der Waals surface area contributed by atoms with Crippen LogP contribution in [-0.4, -0.2) is 59.2 Å². The third-order valence-electron chi connectivity index (χ3n) is 6.09. The van der Waals surface area contributed by atoms with Crippen LogP contribution < -0.4 is 15.5 Å². The topological polar surface area (TPSA) is 127 Å². The van der Waals surface area contributed by atoms with Crippen molar-refractivity contribution in [2.45, 2.75) is 39.0 Å². The Hall–Kier alpha value is -3.27. The van der Waals surface area contributed by atoms with Gasteiger partial charge in [0.2, 0.25) is 17.6 Å².